The zero-order chi connectivity index (χ0) is 24.0. The minimum atomic E-state index is -3.78. The molecular formula is C21H22ClN3O5S3. The summed E-state index contributed by atoms with van der Waals surface area (Å²) in [6.07, 6.45) is 1.80. The van der Waals surface area contributed by atoms with Crippen molar-refractivity contribution in [1.82, 2.24) is 8.87 Å². The second-order valence-corrected chi connectivity index (χ2v) is 13.3. The number of thiazole rings is 1. The van der Waals surface area contributed by atoms with Crippen molar-refractivity contribution in [3.8, 4) is 0 Å². The third kappa shape index (κ3) is 4.92. The molecular weight excluding hydrogens is 506 g/mol. The first-order valence-corrected chi connectivity index (χ1v) is 14.6. The summed E-state index contributed by atoms with van der Waals surface area (Å²) in [6.45, 7) is 0.381. The molecule has 0 bridgehead atoms. The van der Waals surface area contributed by atoms with E-state index in [0.29, 0.717) is 22.7 Å². The number of sulfonamides is 1. The van der Waals surface area contributed by atoms with Gasteiger partial charge in [-0.3, -0.25) is 4.79 Å². The molecule has 3 aromatic rings. The quantitative estimate of drug-likeness (QED) is 0.518. The number of rotatable bonds is 4. The van der Waals surface area contributed by atoms with Gasteiger partial charge in [-0.15, -0.1) is 0 Å². The van der Waals surface area contributed by atoms with E-state index >= 15 is 0 Å². The Morgan fingerprint density at radius 3 is 2.24 bits per heavy atom. The van der Waals surface area contributed by atoms with Gasteiger partial charge in [-0.25, -0.2) is 16.8 Å². The lowest BCUT2D eigenvalue weighted by Gasteiger charge is -2.29. The molecule has 0 atom stereocenters. The number of piperidine rings is 1. The smallest absolute Gasteiger partial charge is 0.251 e. The number of hydrogen-bond donors (Lipinski definition) is 0. The standard InChI is InChI=1S/C21H22ClN3O5S3/c1-24-18-8-3-15(22)13-19(18)31-21(24)23-20(26)14-9-11-25(12-10-14)33(29,30)17-6-4-16(5-7-17)32(2,27)28/h3-8,13-14H,9-12H2,1-2H3. The van der Waals surface area contributed by atoms with E-state index in [0.717, 1.165) is 16.5 Å². The molecule has 1 aliphatic rings. The second kappa shape index (κ2) is 8.95. The Morgan fingerprint density at radius 1 is 1.03 bits per heavy atom. The number of aromatic nitrogens is 1. The van der Waals surface area contributed by atoms with E-state index in [4.69, 9.17) is 11.6 Å². The van der Waals surface area contributed by atoms with Crippen molar-refractivity contribution in [2.75, 3.05) is 19.3 Å². The van der Waals surface area contributed by atoms with Gasteiger partial charge in [-0.05, 0) is 55.3 Å². The number of halogens is 1. The average molecular weight is 528 g/mol. The topological polar surface area (TPSA) is 106 Å². The molecule has 0 unspecified atom stereocenters. The Labute approximate surface area is 201 Å². The summed E-state index contributed by atoms with van der Waals surface area (Å²) in [5.41, 5.74) is 0.929. The van der Waals surface area contributed by atoms with Crippen LogP contribution in [0.1, 0.15) is 12.8 Å². The summed E-state index contributed by atoms with van der Waals surface area (Å²) in [7, 11) is -5.35. The monoisotopic (exact) mass is 527 g/mol. The van der Waals surface area contributed by atoms with Crippen LogP contribution >= 0.6 is 22.9 Å². The van der Waals surface area contributed by atoms with E-state index in [9.17, 15) is 21.6 Å². The van der Waals surface area contributed by atoms with Crippen molar-refractivity contribution in [2.24, 2.45) is 18.0 Å². The predicted molar refractivity (Wildman–Crippen MR) is 127 cm³/mol. The van der Waals surface area contributed by atoms with Gasteiger partial charge >= 0.3 is 0 Å². The van der Waals surface area contributed by atoms with Gasteiger partial charge in [-0.2, -0.15) is 9.30 Å². The maximum Gasteiger partial charge on any atom is 0.251 e. The fourth-order valence-electron chi connectivity index (χ4n) is 3.75. The maximum atomic E-state index is 12.9. The highest BCUT2D eigenvalue weighted by atomic mass is 35.5. The molecule has 2 aromatic carbocycles. The van der Waals surface area contributed by atoms with Crippen molar-refractivity contribution in [2.45, 2.75) is 22.6 Å². The highest BCUT2D eigenvalue weighted by molar-refractivity contribution is 7.90. The van der Waals surface area contributed by atoms with E-state index in [1.807, 2.05) is 23.7 Å². The van der Waals surface area contributed by atoms with Gasteiger partial charge in [-0.1, -0.05) is 22.9 Å². The molecule has 176 valence electrons. The molecule has 1 aromatic heterocycles. The number of benzene rings is 2. The van der Waals surface area contributed by atoms with Crippen molar-refractivity contribution in [3.63, 3.8) is 0 Å². The lowest BCUT2D eigenvalue weighted by molar-refractivity contribution is -0.122. The fraction of sp³-hybridized carbons (Fsp3) is 0.333. The van der Waals surface area contributed by atoms with Crippen LogP contribution in [0.3, 0.4) is 0 Å². The molecule has 1 amide bonds. The first-order chi connectivity index (χ1) is 15.5. The average Bonchev–Trinajstić information content (AvgIpc) is 3.07. The molecule has 12 heteroatoms. The Morgan fingerprint density at radius 2 is 1.64 bits per heavy atom. The SMILES string of the molecule is Cn1c(=NC(=O)C2CCN(S(=O)(=O)c3ccc(S(C)(=O)=O)cc3)CC2)sc2cc(Cl)ccc21. The zero-order valence-electron chi connectivity index (χ0n) is 17.9. The van der Waals surface area contributed by atoms with Crippen LogP contribution in [0.15, 0.2) is 57.2 Å². The maximum absolute atomic E-state index is 12.9. The molecule has 2 heterocycles. The number of amides is 1. The van der Waals surface area contributed by atoms with Crippen LogP contribution in [0, 0.1) is 5.92 Å². The molecule has 0 spiro atoms. The second-order valence-electron chi connectivity index (χ2n) is 7.93. The van der Waals surface area contributed by atoms with Gasteiger partial charge in [0.1, 0.15) is 0 Å². The van der Waals surface area contributed by atoms with E-state index in [2.05, 4.69) is 4.99 Å². The molecule has 1 fully saturated rings. The first-order valence-electron chi connectivity index (χ1n) is 10.1. The van der Waals surface area contributed by atoms with E-state index in [1.165, 1.54) is 39.9 Å². The zero-order valence-corrected chi connectivity index (χ0v) is 21.1. The normalized spacial score (nSPS) is 17.0. The van der Waals surface area contributed by atoms with Crippen LogP contribution < -0.4 is 4.80 Å². The largest absolute Gasteiger partial charge is 0.319 e. The Balaban J connectivity index is 1.48. The summed E-state index contributed by atoms with van der Waals surface area (Å²) >= 11 is 7.43. The highest BCUT2D eigenvalue weighted by Crippen LogP contribution is 2.26. The van der Waals surface area contributed by atoms with Crippen LogP contribution in [0.5, 0.6) is 0 Å². The third-order valence-corrected chi connectivity index (χ3v) is 10.0. The predicted octanol–water partition coefficient (Wildman–Crippen LogP) is 2.82. The molecule has 0 N–H and O–H groups in total. The number of fused-ring (bicyclic) bond motifs is 1. The van der Waals surface area contributed by atoms with Crippen molar-refractivity contribution < 1.29 is 21.6 Å². The van der Waals surface area contributed by atoms with Crippen LogP contribution in [0.25, 0.3) is 10.2 Å². The van der Waals surface area contributed by atoms with Crippen LogP contribution in [-0.4, -0.2) is 51.0 Å². The summed E-state index contributed by atoms with van der Waals surface area (Å²) in [5.74, 6) is -0.629. The van der Waals surface area contributed by atoms with Gasteiger partial charge in [0, 0.05) is 37.3 Å². The minimum absolute atomic E-state index is 0.0281. The van der Waals surface area contributed by atoms with Gasteiger partial charge in [0.05, 0.1) is 20.0 Å². The third-order valence-electron chi connectivity index (χ3n) is 5.67. The van der Waals surface area contributed by atoms with Crippen LogP contribution in [-0.2, 0) is 31.7 Å². The molecule has 0 saturated carbocycles. The molecule has 33 heavy (non-hydrogen) atoms. The van der Waals surface area contributed by atoms with Gasteiger partial charge in [0.2, 0.25) is 10.0 Å². The number of carbonyl (C=O) groups is 1. The molecule has 0 aliphatic carbocycles. The molecule has 4 rings (SSSR count). The van der Waals surface area contributed by atoms with E-state index in [-0.39, 0.29) is 34.7 Å². The van der Waals surface area contributed by atoms with Gasteiger partial charge in [0.25, 0.3) is 5.91 Å². The summed E-state index contributed by atoms with van der Waals surface area (Å²) in [4.78, 5) is 17.8. The molecule has 8 nitrogen and oxygen atoms in total. The number of sulfone groups is 1. The number of nitrogens with zero attached hydrogens (tertiary/aromatic N) is 3. The Hall–Kier alpha value is -2.05. The van der Waals surface area contributed by atoms with E-state index in [1.54, 1.807) is 6.07 Å². The Kier molecular flexibility index (Phi) is 6.53. The Bertz CT molecular complexity index is 1500. The first kappa shape index (κ1) is 24.1. The highest BCUT2D eigenvalue weighted by Gasteiger charge is 2.32. The number of hydrogen-bond acceptors (Lipinski definition) is 6. The number of carbonyl (C=O) groups excluding carboxylic acids is 1. The van der Waals surface area contributed by atoms with Crippen molar-refractivity contribution in [1.29, 1.82) is 0 Å². The fourth-order valence-corrected chi connectivity index (χ4v) is 7.15. The lowest BCUT2D eigenvalue weighted by Crippen LogP contribution is -2.40. The minimum Gasteiger partial charge on any atom is -0.319 e. The van der Waals surface area contributed by atoms with Crippen molar-refractivity contribution in [3.05, 3.63) is 52.3 Å². The lowest BCUT2D eigenvalue weighted by atomic mass is 9.98. The molecule has 1 aliphatic heterocycles. The summed E-state index contributed by atoms with van der Waals surface area (Å²) in [5, 5.41) is 0.613. The van der Waals surface area contributed by atoms with Gasteiger partial charge in [0.15, 0.2) is 14.6 Å². The van der Waals surface area contributed by atoms with Crippen LogP contribution in [0.4, 0.5) is 0 Å². The summed E-state index contributed by atoms with van der Waals surface area (Å²) in [6, 6.07) is 10.7. The van der Waals surface area contributed by atoms with E-state index < -0.39 is 19.9 Å². The number of aryl methyl sites for hydroxylation is 1. The van der Waals surface area contributed by atoms with Crippen molar-refractivity contribution >= 4 is 58.9 Å². The molecule has 0 radical (unpaired) electrons. The summed E-state index contributed by atoms with van der Waals surface area (Å²) < 4.78 is 53.2. The molecule has 1 saturated heterocycles. The van der Waals surface area contributed by atoms with Crippen LogP contribution in [0.2, 0.25) is 5.02 Å². The van der Waals surface area contributed by atoms with Gasteiger partial charge < -0.3 is 4.57 Å².